The lowest BCUT2D eigenvalue weighted by atomic mass is 10.0. The number of fused-ring (bicyclic) bond motifs is 1. The fourth-order valence-corrected chi connectivity index (χ4v) is 3.81. The molecule has 0 saturated carbocycles. The summed E-state index contributed by atoms with van der Waals surface area (Å²) in [4.78, 5) is 21.7. The maximum absolute atomic E-state index is 12.2. The van der Waals surface area contributed by atoms with Crippen molar-refractivity contribution in [2.75, 3.05) is 25.0 Å². The Labute approximate surface area is 168 Å². The zero-order chi connectivity index (χ0) is 20.2. The molecule has 8 heteroatoms. The van der Waals surface area contributed by atoms with Gasteiger partial charge in [0.05, 0.1) is 31.0 Å². The first-order valence-corrected chi connectivity index (χ1v) is 9.78. The Morgan fingerprint density at radius 1 is 1.45 bits per heavy atom. The number of carbonyl (C=O) groups is 1. The molecule has 0 aromatic carbocycles. The minimum Gasteiger partial charge on any atom is -0.394 e. The minimum absolute atomic E-state index is 0.00323. The molecule has 1 aliphatic rings. The van der Waals surface area contributed by atoms with E-state index in [0.29, 0.717) is 13.1 Å². The van der Waals surface area contributed by atoms with Gasteiger partial charge in [0.15, 0.2) is 0 Å². The number of aromatic nitrogens is 4. The van der Waals surface area contributed by atoms with Gasteiger partial charge in [-0.3, -0.25) is 9.48 Å². The Hall–Kier alpha value is -3.31. The number of terminal acetylenes is 1. The lowest BCUT2D eigenvalue weighted by Gasteiger charge is -2.34. The third kappa shape index (κ3) is 3.96. The zero-order valence-electron chi connectivity index (χ0n) is 16.1. The largest absolute Gasteiger partial charge is 0.394 e. The van der Waals surface area contributed by atoms with Gasteiger partial charge in [0.2, 0.25) is 5.91 Å². The van der Waals surface area contributed by atoms with E-state index in [1.807, 2.05) is 29.4 Å². The molecule has 1 aliphatic heterocycles. The van der Waals surface area contributed by atoms with Crippen molar-refractivity contribution in [3.8, 4) is 23.6 Å². The van der Waals surface area contributed by atoms with Crippen LogP contribution in [0.15, 0.2) is 30.7 Å². The molecule has 1 saturated heterocycles. The van der Waals surface area contributed by atoms with Crippen LogP contribution in [-0.4, -0.2) is 61.4 Å². The maximum atomic E-state index is 12.2. The van der Waals surface area contributed by atoms with Crippen LogP contribution in [-0.2, 0) is 11.3 Å². The molecule has 4 rings (SSSR count). The second-order valence-electron chi connectivity index (χ2n) is 7.18. The molecule has 4 heterocycles. The quantitative estimate of drug-likeness (QED) is 0.556. The normalized spacial score (nSPS) is 16.7. The number of hydrogen-bond donors (Lipinski definition) is 3. The molecular weight excluding hydrogens is 368 g/mol. The van der Waals surface area contributed by atoms with Gasteiger partial charge in [0.25, 0.3) is 0 Å². The summed E-state index contributed by atoms with van der Waals surface area (Å²) in [6, 6.07) is 4.02. The fourth-order valence-electron chi connectivity index (χ4n) is 3.81. The van der Waals surface area contributed by atoms with Gasteiger partial charge >= 0.3 is 0 Å². The number of pyridine rings is 1. The molecule has 0 unspecified atom stereocenters. The molecule has 1 amide bonds. The number of aliphatic hydroxyl groups is 1. The fraction of sp³-hybridized carbons (Fsp3) is 0.381. The topological polar surface area (TPSA) is 99.1 Å². The third-order valence-electron chi connectivity index (χ3n) is 5.21. The number of nitrogens with one attached hydrogen (secondary N) is 2. The second-order valence-corrected chi connectivity index (χ2v) is 7.18. The molecule has 29 heavy (non-hydrogen) atoms. The predicted molar refractivity (Wildman–Crippen MR) is 111 cm³/mol. The van der Waals surface area contributed by atoms with Gasteiger partial charge in [0, 0.05) is 48.7 Å². The van der Waals surface area contributed by atoms with Gasteiger partial charge < -0.3 is 20.3 Å². The number of aliphatic hydroxyl groups excluding tert-OH is 1. The summed E-state index contributed by atoms with van der Waals surface area (Å²) in [5.74, 6) is 2.44. The molecule has 3 N–H and O–H groups in total. The Kier molecular flexibility index (Phi) is 5.49. The highest BCUT2D eigenvalue weighted by Gasteiger charge is 2.25. The highest BCUT2D eigenvalue weighted by atomic mass is 16.3. The van der Waals surface area contributed by atoms with E-state index in [1.54, 1.807) is 10.9 Å². The van der Waals surface area contributed by atoms with E-state index in [4.69, 9.17) is 11.5 Å². The highest BCUT2D eigenvalue weighted by molar-refractivity contribution is 5.97. The van der Waals surface area contributed by atoms with Crippen molar-refractivity contribution in [2.24, 2.45) is 0 Å². The van der Waals surface area contributed by atoms with Crippen LogP contribution in [0.25, 0.3) is 22.3 Å². The number of H-pyrrole nitrogens is 1. The first kappa shape index (κ1) is 19.0. The van der Waals surface area contributed by atoms with Crippen LogP contribution >= 0.6 is 0 Å². The van der Waals surface area contributed by atoms with Gasteiger partial charge in [0.1, 0.15) is 5.65 Å². The van der Waals surface area contributed by atoms with Crippen LogP contribution in [0.3, 0.4) is 0 Å². The molecular formula is C21H24N6O2. The minimum atomic E-state index is 0.00323. The molecule has 8 nitrogen and oxygen atoms in total. The maximum Gasteiger partial charge on any atom is 0.234 e. The summed E-state index contributed by atoms with van der Waals surface area (Å²) in [7, 11) is 0. The summed E-state index contributed by atoms with van der Waals surface area (Å²) in [5.41, 5.74) is 3.41. The van der Waals surface area contributed by atoms with Crippen molar-refractivity contribution in [3.63, 3.8) is 0 Å². The lowest BCUT2D eigenvalue weighted by Crippen LogP contribution is -2.45. The van der Waals surface area contributed by atoms with E-state index in [2.05, 4.69) is 26.3 Å². The number of aromatic amines is 1. The van der Waals surface area contributed by atoms with Crippen LogP contribution in [0.2, 0.25) is 0 Å². The van der Waals surface area contributed by atoms with E-state index in [-0.39, 0.29) is 25.0 Å². The van der Waals surface area contributed by atoms with Gasteiger partial charge in [-0.2, -0.15) is 5.10 Å². The van der Waals surface area contributed by atoms with Crippen LogP contribution in [0.4, 0.5) is 5.69 Å². The van der Waals surface area contributed by atoms with Crippen molar-refractivity contribution in [2.45, 2.75) is 31.8 Å². The average molecular weight is 392 g/mol. The summed E-state index contributed by atoms with van der Waals surface area (Å²) in [5, 5.41) is 18.3. The number of piperidine rings is 1. The summed E-state index contributed by atoms with van der Waals surface area (Å²) >= 11 is 0. The molecule has 3 aromatic rings. The Bertz CT molecular complexity index is 1050. The third-order valence-corrected chi connectivity index (χ3v) is 5.21. The van der Waals surface area contributed by atoms with Crippen molar-refractivity contribution >= 4 is 22.6 Å². The zero-order valence-corrected chi connectivity index (χ0v) is 16.1. The Morgan fingerprint density at radius 2 is 2.34 bits per heavy atom. The number of carbonyl (C=O) groups excluding carboxylic acids is 1. The van der Waals surface area contributed by atoms with Gasteiger partial charge in [-0.05, 0) is 25.0 Å². The van der Waals surface area contributed by atoms with E-state index >= 15 is 0 Å². The summed E-state index contributed by atoms with van der Waals surface area (Å²) < 4.78 is 1.71. The Balaban J connectivity index is 1.64. The molecule has 1 atom stereocenters. The number of nitrogens with zero attached hydrogens (tertiary/aromatic N) is 4. The Morgan fingerprint density at radius 3 is 3.17 bits per heavy atom. The standard InChI is InChI=1S/C21H24N6O2/c1-2-4-19(29)26-9-3-5-15(14-26)24-20-16-6-8-22-21(16)23-13-17(20)18-7-10-27(25-18)11-12-28/h1,6-8,10,13,15,28H,3-5,9,11-12,14H2,(H2,22,23,24)/t15-/m1/s1. The molecule has 0 spiro atoms. The van der Waals surface area contributed by atoms with Crippen molar-refractivity contribution < 1.29 is 9.90 Å². The van der Waals surface area contributed by atoms with Crippen LogP contribution < -0.4 is 5.32 Å². The van der Waals surface area contributed by atoms with Gasteiger partial charge in [-0.15, -0.1) is 6.42 Å². The SMILES string of the molecule is C#CCC(=O)N1CCC[C@@H](Nc2c(-c3ccn(CCO)n3)cnc3[nH]ccc23)C1. The molecule has 1 fully saturated rings. The first-order chi connectivity index (χ1) is 14.2. The molecule has 150 valence electrons. The second kappa shape index (κ2) is 8.37. The number of hydrogen-bond acceptors (Lipinski definition) is 5. The van der Waals surface area contributed by atoms with Crippen molar-refractivity contribution in [1.82, 2.24) is 24.6 Å². The molecule has 0 radical (unpaired) electrons. The number of amides is 1. The summed E-state index contributed by atoms with van der Waals surface area (Å²) in [6.45, 7) is 1.84. The van der Waals surface area contributed by atoms with Crippen molar-refractivity contribution in [1.29, 1.82) is 0 Å². The first-order valence-electron chi connectivity index (χ1n) is 9.78. The van der Waals surface area contributed by atoms with Crippen molar-refractivity contribution in [3.05, 3.63) is 30.7 Å². The number of likely N-dealkylation sites (tertiary alicyclic amines) is 1. The van der Waals surface area contributed by atoms with E-state index in [1.165, 1.54) is 0 Å². The monoisotopic (exact) mass is 392 g/mol. The molecule has 0 aliphatic carbocycles. The number of anilines is 1. The van der Waals surface area contributed by atoms with E-state index in [0.717, 1.165) is 47.4 Å². The van der Waals surface area contributed by atoms with E-state index in [9.17, 15) is 4.79 Å². The highest BCUT2D eigenvalue weighted by Crippen LogP contribution is 2.33. The van der Waals surface area contributed by atoms with Crippen LogP contribution in [0.1, 0.15) is 19.3 Å². The number of rotatable bonds is 6. The molecule has 3 aromatic heterocycles. The van der Waals surface area contributed by atoms with Gasteiger partial charge in [-0.25, -0.2) is 4.98 Å². The average Bonchev–Trinajstić information content (AvgIpc) is 3.39. The lowest BCUT2D eigenvalue weighted by molar-refractivity contribution is -0.131. The van der Waals surface area contributed by atoms with Crippen LogP contribution in [0, 0.1) is 12.3 Å². The van der Waals surface area contributed by atoms with Crippen LogP contribution in [0.5, 0.6) is 0 Å². The van der Waals surface area contributed by atoms with Gasteiger partial charge in [-0.1, -0.05) is 5.92 Å². The molecule has 0 bridgehead atoms. The summed E-state index contributed by atoms with van der Waals surface area (Å²) in [6.07, 6.45) is 12.8. The van der Waals surface area contributed by atoms with E-state index < -0.39 is 0 Å². The smallest absolute Gasteiger partial charge is 0.234 e. The predicted octanol–water partition coefficient (Wildman–Crippen LogP) is 1.84.